The number of aryl methyl sites for hydroxylation is 1. The summed E-state index contributed by atoms with van der Waals surface area (Å²) >= 11 is 3.06. The van der Waals surface area contributed by atoms with Crippen LogP contribution < -0.4 is 15.3 Å². The van der Waals surface area contributed by atoms with Crippen LogP contribution in [-0.2, 0) is 10.0 Å². The van der Waals surface area contributed by atoms with Crippen LogP contribution in [0, 0.1) is 13.8 Å². The number of halogens is 1. The van der Waals surface area contributed by atoms with Gasteiger partial charge in [0.1, 0.15) is 5.69 Å². The maximum absolute atomic E-state index is 13.2. The monoisotopic (exact) mass is 538 g/mol. The Hall–Kier alpha value is -2.11. The number of aromatic nitrogens is 2. The van der Waals surface area contributed by atoms with Gasteiger partial charge in [-0.05, 0) is 76.0 Å². The van der Waals surface area contributed by atoms with Crippen molar-refractivity contribution in [3.05, 3.63) is 45.3 Å². The molecule has 0 amide bonds. The zero-order chi connectivity index (χ0) is 25.0. The van der Waals surface area contributed by atoms with E-state index >= 15 is 0 Å². The molecule has 1 fully saturated rings. The normalized spacial score (nSPS) is 14.5. The molecule has 1 N–H and O–H groups in total. The van der Waals surface area contributed by atoms with Crippen LogP contribution in [0.1, 0.15) is 49.1 Å². The molecule has 0 atom stereocenters. The fourth-order valence-corrected chi connectivity index (χ4v) is 7.73. The molecule has 0 spiro atoms. The number of unbranched alkanes of at least 4 members (excludes halogenated alkanes) is 2. The van der Waals surface area contributed by atoms with Crippen molar-refractivity contribution in [3.63, 3.8) is 0 Å². The van der Waals surface area contributed by atoms with Gasteiger partial charge in [0.2, 0.25) is 0 Å². The van der Waals surface area contributed by atoms with Crippen molar-refractivity contribution in [2.24, 2.45) is 0 Å². The number of anilines is 2. The Bertz CT molecular complexity index is 1280. The summed E-state index contributed by atoms with van der Waals surface area (Å²) in [6.07, 6.45) is 5.67. The first-order valence-corrected chi connectivity index (χ1v) is 15.2. The van der Waals surface area contributed by atoms with E-state index in [4.69, 9.17) is 0 Å². The largest absolute Gasteiger partial charge is 0.372 e. The van der Waals surface area contributed by atoms with Gasteiger partial charge in [0.05, 0.1) is 15.8 Å². The number of imidazole rings is 1. The van der Waals surface area contributed by atoms with Gasteiger partial charge < -0.3 is 4.90 Å². The minimum atomic E-state index is -3.94. The molecule has 0 saturated carbocycles. The lowest BCUT2D eigenvalue weighted by molar-refractivity contribution is 0.460. The van der Waals surface area contributed by atoms with Gasteiger partial charge >= 0.3 is 5.69 Å². The number of nitrogens with zero attached hydrogens (tertiary/aromatic N) is 3. The van der Waals surface area contributed by atoms with E-state index in [9.17, 15) is 17.6 Å². The summed E-state index contributed by atoms with van der Waals surface area (Å²) in [6, 6.07) is 6.86. The van der Waals surface area contributed by atoms with Gasteiger partial charge in [-0.15, -0.1) is 23.1 Å². The van der Waals surface area contributed by atoms with Crippen molar-refractivity contribution in [2.75, 3.05) is 35.1 Å². The van der Waals surface area contributed by atoms with Crippen LogP contribution >= 0.6 is 23.1 Å². The van der Waals surface area contributed by atoms with Gasteiger partial charge in [-0.25, -0.2) is 13.2 Å². The van der Waals surface area contributed by atoms with E-state index in [1.807, 2.05) is 26.0 Å². The number of hydrogen-bond donors (Lipinski definition) is 1. The predicted octanol–water partition coefficient (Wildman–Crippen LogP) is 5.37. The van der Waals surface area contributed by atoms with E-state index in [0.29, 0.717) is 12.1 Å². The first kappa shape index (κ1) is 26.0. The third-order valence-electron chi connectivity index (χ3n) is 6.24. The molecule has 3 heterocycles. The third-order valence-corrected chi connectivity index (χ3v) is 10.1. The second-order valence-electron chi connectivity index (χ2n) is 8.70. The molecular weight excluding hydrogens is 507 g/mol. The molecule has 7 nitrogen and oxygen atoms in total. The summed E-state index contributed by atoms with van der Waals surface area (Å²) in [5.74, 6) is 0.791. The van der Waals surface area contributed by atoms with Crippen molar-refractivity contribution in [1.82, 2.24) is 9.55 Å². The zero-order valence-electron chi connectivity index (χ0n) is 20.0. The second kappa shape index (κ2) is 11.3. The maximum Gasteiger partial charge on any atom is 0.354 e. The molecule has 0 unspecified atom stereocenters. The highest BCUT2D eigenvalue weighted by molar-refractivity contribution is 8.01. The molecule has 0 aromatic heterocycles. The predicted molar refractivity (Wildman–Crippen MR) is 142 cm³/mol. The Morgan fingerprint density at radius 3 is 2.49 bits per heavy atom. The summed E-state index contributed by atoms with van der Waals surface area (Å²) in [4.78, 5) is 20.2. The third kappa shape index (κ3) is 5.83. The molecule has 11 heteroatoms. The number of thioether (sulfide) groups is 1. The van der Waals surface area contributed by atoms with E-state index in [1.165, 1.54) is 22.3 Å². The van der Waals surface area contributed by atoms with Crippen LogP contribution in [0.3, 0.4) is 0 Å². The van der Waals surface area contributed by atoms with Crippen LogP contribution in [0.25, 0.3) is 5.69 Å². The van der Waals surface area contributed by atoms with Gasteiger partial charge in [0.15, 0.2) is 5.82 Å². The molecule has 4 rings (SSSR count). The van der Waals surface area contributed by atoms with Crippen LogP contribution in [0.2, 0.25) is 0 Å². The highest BCUT2D eigenvalue weighted by Crippen LogP contribution is 2.39. The number of benzene rings is 1. The number of alkyl halides is 1. The number of sulfonamides is 1. The molecular formula is C24H31FN4O3S3. The van der Waals surface area contributed by atoms with Gasteiger partial charge in [0, 0.05) is 29.3 Å². The summed E-state index contributed by atoms with van der Waals surface area (Å²) in [6.45, 7) is 5.39. The summed E-state index contributed by atoms with van der Waals surface area (Å²) in [5, 5.41) is 0. The average molecular weight is 539 g/mol. The van der Waals surface area contributed by atoms with Gasteiger partial charge in [-0.1, -0.05) is 6.42 Å². The lowest BCUT2D eigenvalue weighted by atomic mass is 10.1. The highest BCUT2D eigenvalue weighted by Gasteiger charge is 2.27. The number of rotatable bonds is 10. The van der Waals surface area contributed by atoms with E-state index < -0.39 is 15.7 Å². The van der Waals surface area contributed by atoms with E-state index in [0.717, 1.165) is 65.0 Å². The minimum absolute atomic E-state index is 0.0423. The van der Waals surface area contributed by atoms with Crippen molar-refractivity contribution < 1.29 is 12.8 Å². The lowest BCUT2D eigenvalue weighted by Gasteiger charge is -2.28. The standard InChI is InChI=1S/C24H31FN4O3S3/c1-17-18(2)34-23(33-16-8-3-5-13-25)21-22(26-24(30)29(17)21)27-35(31,32)20-11-9-19(10-12-20)28-14-6-4-7-15-28/h9-12H,3-8,13-16H2,1-2H3,(H,26,27,30). The minimum Gasteiger partial charge on any atom is -0.372 e. The Morgan fingerprint density at radius 1 is 1.09 bits per heavy atom. The molecule has 1 saturated heterocycles. The molecule has 1 aromatic carbocycles. The zero-order valence-corrected chi connectivity index (χ0v) is 22.5. The number of fused-ring (bicyclic) bond motifs is 1. The SMILES string of the molecule is Cc1sc(SCCCCCF)c2c(NS(=O)(=O)c3ccc(N4CCCCC4)cc3)nc(=O)n-2c1C. The summed E-state index contributed by atoms with van der Waals surface area (Å²) < 4.78 is 43.7. The molecule has 3 aliphatic heterocycles. The quantitative estimate of drug-likeness (QED) is 0.276. The first-order valence-electron chi connectivity index (χ1n) is 11.9. The molecule has 1 aromatic rings. The van der Waals surface area contributed by atoms with Crippen LogP contribution in [0.5, 0.6) is 0 Å². The average Bonchev–Trinajstić information content (AvgIpc) is 3.17. The smallest absolute Gasteiger partial charge is 0.354 e. The topological polar surface area (TPSA) is 84.3 Å². The second-order valence-corrected chi connectivity index (χ2v) is 13.0. The Morgan fingerprint density at radius 2 is 1.80 bits per heavy atom. The molecule has 190 valence electrons. The van der Waals surface area contributed by atoms with Crippen LogP contribution in [0.4, 0.5) is 15.9 Å². The van der Waals surface area contributed by atoms with Crippen molar-refractivity contribution in [1.29, 1.82) is 0 Å². The summed E-state index contributed by atoms with van der Waals surface area (Å²) in [5.41, 5.74) is 1.72. The van der Waals surface area contributed by atoms with E-state index in [1.54, 1.807) is 23.9 Å². The fraction of sp³-hybridized carbons (Fsp3) is 0.500. The Balaban J connectivity index is 1.60. The van der Waals surface area contributed by atoms with Gasteiger partial charge in [0.25, 0.3) is 10.0 Å². The molecule has 0 bridgehead atoms. The number of piperidine rings is 1. The molecule has 35 heavy (non-hydrogen) atoms. The lowest BCUT2D eigenvalue weighted by Crippen LogP contribution is -2.29. The first-order chi connectivity index (χ1) is 16.8. The van der Waals surface area contributed by atoms with Gasteiger partial charge in [-0.3, -0.25) is 13.7 Å². The fourth-order valence-electron chi connectivity index (χ4n) is 4.20. The molecule has 0 aliphatic carbocycles. The molecule has 0 radical (unpaired) electrons. The Labute approximate surface area is 214 Å². The van der Waals surface area contributed by atoms with Gasteiger partial charge in [-0.2, -0.15) is 4.98 Å². The number of nitrogens with one attached hydrogen (secondary N) is 1. The molecule has 3 aliphatic rings. The van der Waals surface area contributed by atoms with Crippen molar-refractivity contribution in [2.45, 2.75) is 61.5 Å². The van der Waals surface area contributed by atoms with Crippen LogP contribution in [-0.4, -0.2) is 43.5 Å². The van der Waals surface area contributed by atoms with Crippen LogP contribution in [0.15, 0.2) is 38.2 Å². The Kier molecular flexibility index (Phi) is 8.38. The summed E-state index contributed by atoms with van der Waals surface area (Å²) in [7, 11) is -3.94. The van der Waals surface area contributed by atoms with E-state index in [2.05, 4.69) is 14.6 Å². The highest BCUT2D eigenvalue weighted by atomic mass is 32.2. The van der Waals surface area contributed by atoms with Crippen molar-refractivity contribution >= 4 is 44.6 Å². The maximum atomic E-state index is 13.2. The number of hydrogen-bond acceptors (Lipinski definition) is 7. The van der Waals surface area contributed by atoms with Crippen molar-refractivity contribution in [3.8, 4) is 5.69 Å². The van der Waals surface area contributed by atoms with E-state index in [-0.39, 0.29) is 17.4 Å².